The normalized spacial score (nSPS) is 16.1. The van der Waals surface area contributed by atoms with Gasteiger partial charge in [0.2, 0.25) is 11.9 Å². The summed E-state index contributed by atoms with van der Waals surface area (Å²) >= 11 is 0. The molecule has 2 N–H and O–H groups in total. The molecule has 0 unspecified atom stereocenters. The lowest BCUT2D eigenvalue weighted by Crippen LogP contribution is -2.49. The van der Waals surface area contributed by atoms with Crippen molar-refractivity contribution in [2.45, 2.75) is 46.1 Å². The molecule has 4 rings (SSSR count). The van der Waals surface area contributed by atoms with Crippen LogP contribution in [0.5, 0.6) is 0 Å². The number of amides is 1. The third-order valence-electron chi connectivity index (χ3n) is 5.70. The Morgan fingerprint density at radius 2 is 1.97 bits per heavy atom. The molecule has 0 saturated heterocycles. The molecule has 0 bridgehead atoms. The second kappa shape index (κ2) is 8.61. The van der Waals surface area contributed by atoms with Crippen LogP contribution in [-0.4, -0.2) is 48.5 Å². The summed E-state index contributed by atoms with van der Waals surface area (Å²) in [7, 11) is 3.31. The molecule has 1 amide bonds. The van der Waals surface area contributed by atoms with E-state index in [1.165, 1.54) is 11.7 Å². The minimum Gasteiger partial charge on any atom is -0.350 e. The smallest absolute Gasteiger partial charge is 0.350 e. The van der Waals surface area contributed by atoms with Crippen molar-refractivity contribution in [3.05, 3.63) is 41.1 Å². The lowest BCUT2D eigenvalue weighted by molar-refractivity contribution is -0.141. The fourth-order valence-corrected chi connectivity index (χ4v) is 4.02. The number of alkyl halides is 3. The molecule has 0 fully saturated rings. The Labute approximate surface area is 194 Å². The Morgan fingerprint density at radius 1 is 1.24 bits per heavy atom. The van der Waals surface area contributed by atoms with Gasteiger partial charge >= 0.3 is 6.18 Å². The SMILES string of the molecule is Cc1nc(NCc2cnn(Cc3cc(C(F)(F)F)nn3C)c2)nc2c1NC(=O)[C@H](C(C)C)N2C. The van der Waals surface area contributed by atoms with Gasteiger partial charge < -0.3 is 15.5 Å². The van der Waals surface area contributed by atoms with Crippen molar-refractivity contribution in [2.24, 2.45) is 13.0 Å². The van der Waals surface area contributed by atoms with Crippen LogP contribution < -0.4 is 15.5 Å². The highest BCUT2D eigenvalue weighted by Gasteiger charge is 2.36. The molecule has 0 spiro atoms. The monoisotopic (exact) mass is 477 g/mol. The summed E-state index contributed by atoms with van der Waals surface area (Å²) in [4.78, 5) is 23.4. The van der Waals surface area contributed by atoms with Crippen LogP contribution >= 0.6 is 0 Å². The van der Waals surface area contributed by atoms with Crippen LogP contribution in [-0.2, 0) is 31.1 Å². The minimum absolute atomic E-state index is 0.0828. The van der Waals surface area contributed by atoms with Gasteiger partial charge in [0.25, 0.3) is 0 Å². The van der Waals surface area contributed by atoms with Crippen molar-refractivity contribution >= 4 is 23.4 Å². The summed E-state index contributed by atoms with van der Waals surface area (Å²) in [6, 6.07) is 0.681. The maximum atomic E-state index is 12.9. The molecule has 34 heavy (non-hydrogen) atoms. The lowest BCUT2D eigenvalue weighted by atomic mass is 9.99. The summed E-state index contributed by atoms with van der Waals surface area (Å²) in [5, 5.41) is 13.8. The van der Waals surface area contributed by atoms with E-state index in [-0.39, 0.29) is 24.4 Å². The molecule has 3 aromatic heterocycles. The summed E-state index contributed by atoms with van der Waals surface area (Å²) in [6.45, 7) is 6.27. The summed E-state index contributed by atoms with van der Waals surface area (Å²) in [6.07, 6.45) is -1.13. The summed E-state index contributed by atoms with van der Waals surface area (Å²) in [5.74, 6) is 1.06. The zero-order valence-electron chi connectivity index (χ0n) is 19.5. The number of aromatic nitrogens is 6. The van der Waals surface area contributed by atoms with Gasteiger partial charge in [-0.25, -0.2) is 4.98 Å². The van der Waals surface area contributed by atoms with Crippen LogP contribution in [0.2, 0.25) is 0 Å². The molecule has 1 aliphatic rings. The molecule has 1 aliphatic heterocycles. The van der Waals surface area contributed by atoms with Gasteiger partial charge in [0.1, 0.15) is 11.7 Å². The molecule has 10 nitrogen and oxygen atoms in total. The molecule has 0 aromatic carbocycles. The number of nitrogens with one attached hydrogen (secondary N) is 2. The molecule has 4 heterocycles. The van der Waals surface area contributed by atoms with Gasteiger partial charge in [0.05, 0.1) is 24.1 Å². The van der Waals surface area contributed by atoms with E-state index in [4.69, 9.17) is 0 Å². The number of nitrogens with zero attached hydrogens (tertiary/aromatic N) is 7. The maximum Gasteiger partial charge on any atom is 0.435 e. The number of likely N-dealkylation sites (N-methyl/N-ethyl adjacent to an activating group) is 1. The quantitative estimate of drug-likeness (QED) is 0.562. The van der Waals surface area contributed by atoms with E-state index in [1.54, 1.807) is 24.0 Å². The van der Waals surface area contributed by atoms with Crippen molar-refractivity contribution < 1.29 is 18.0 Å². The van der Waals surface area contributed by atoms with Crippen LogP contribution in [0.4, 0.5) is 30.6 Å². The van der Waals surface area contributed by atoms with Crippen molar-refractivity contribution in [3.63, 3.8) is 0 Å². The molecule has 0 saturated carbocycles. The predicted molar refractivity (Wildman–Crippen MR) is 119 cm³/mol. The van der Waals surface area contributed by atoms with E-state index >= 15 is 0 Å². The lowest BCUT2D eigenvalue weighted by Gasteiger charge is -2.36. The van der Waals surface area contributed by atoms with E-state index < -0.39 is 11.9 Å². The van der Waals surface area contributed by atoms with Gasteiger partial charge in [-0.1, -0.05) is 13.8 Å². The highest BCUT2D eigenvalue weighted by molar-refractivity contribution is 6.03. The highest BCUT2D eigenvalue weighted by atomic mass is 19.4. The minimum atomic E-state index is -4.49. The Morgan fingerprint density at radius 3 is 2.62 bits per heavy atom. The average Bonchev–Trinajstić information content (AvgIpc) is 3.34. The molecule has 1 atom stereocenters. The molecule has 3 aromatic rings. The van der Waals surface area contributed by atoms with Crippen molar-refractivity contribution in [1.29, 1.82) is 0 Å². The van der Waals surface area contributed by atoms with Crippen LogP contribution in [0.1, 0.15) is 36.5 Å². The Kier molecular flexibility index (Phi) is 5.96. The number of anilines is 3. The first-order valence-electron chi connectivity index (χ1n) is 10.7. The van der Waals surface area contributed by atoms with E-state index in [1.807, 2.05) is 25.8 Å². The third kappa shape index (κ3) is 4.54. The van der Waals surface area contributed by atoms with Gasteiger partial charge in [-0.3, -0.25) is 14.2 Å². The van der Waals surface area contributed by atoms with Crippen LogP contribution in [0.25, 0.3) is 0 Å². The largest absolute Gasteiger partial charge is 0.435 e. The molecule has 13 heteroatoms. The maximum absolute atomic E-state index is 12.9. The van der Waals surface area contributed by atoms with Crippen LogP contribution in [0.3, 0.4) is 0 Å². The number of carbonyl (C=O) groups excluding carboxylic acids is 1. The number of hydrogen-bond acceptors (Lipinski definition) is 7. The van der Waals surface area contributed by atoms with Gasteiger partial charge in [0.15, 0.2) is 11.5 Å². The van der Waals surface area contributed by atoms with E-state index in [0.717, 1.165) is 11.6 Å². The second-order valence-corrected chi connectivity index (χ2v) is 8.66. The first kappa shape index (κ1) is 23.5. The standard InChI is InChI=1S/C21H26F3N9O/c1-11(2)17-19(34)28-16-12(3)27-20(29-18(16)31(17)4)25-7-13-8-26-33(9-13)10-14-6-15(21(22,23)24)30-32(14)5/h6,8-9,11,17H,7,10H2,1-5H3,(H,28,34)(H,25,27,29)/t17-/m0/s1. The third-order valence-corrected chi connectivity index (χ3v) is 5.70. The van der Waals surface area contributed by atoms with E-state index in [9.17, 15) is 18.0 Å². The Bertz CT molecular complexity index is 1210. The zero-order valence-corrected chi connectivity index (χ0v) is 19.5. The topological polar surface area (TPSA) is 106 Å². The average molecular weight is 477 g/mol. The van der Waals surface area contributed by atoms with Crippen LogP contribution in [0, 0.1) is 12.8 Å². The summed E-state index contributed by atoms with van der Waals surface area (Å²) < 4.78 is 41.4. The number of halogens is 3. The molecule has 182 valence electrons. The molecular formula is C21H26F3N9O. The first-order valence-corrected chi connectivity index (χ1v) is 10.7. The number of hydrogen-bond donors (Lipinski definition) is 2. The Hall–Kier alpha value is -3.64. The van der Waals surface area contributed by atoms with Crippen molar-refractivity contribution in [3.8, 4) is 0 Å². The number of rotatable bonds is 6. The molecule has 0 aliphatic carbocycles. The number of aryl methyl sites for hydroxylation is 2. The zero-order chi connectivity index (χ0) is 24.8. The number of carbonyl (C=O) groups is 1. The first-order chi connectivity index (χ1) is 15.9. The predicted octanol–water partition coefficient (Wildman–Crippen LogP) is 2.81. The van der Waals surface area contributed by atoms with Crippen molar-refractivity contribution in [2.75, 3.05) is 22.6 Å². The van der Waals surface area contributed by atoms with Gasteiger partial charge in [0, 0.05) is 32.4 Å². The highest BCUT2D eigenvalue weighted by Crippen LogP contribution is 2.34. The number of fused-ring (bicyclic) bond motifs is 1. The van der Waals surface area contributed by atoms with Crippen LogP contribution in [0.15, 0.2) is 18.5 Å². The van der Waals surface area contributed by atoms with Gasteiger partial charge in [-0.05, 0) is 18.9 Å². The summed E-state index contributed by atoms with van der Waals surface area (Å²) in [5.41, 5.74) is 1.49. The van der Waals surface area contributed by atoms with E-state index in [2.05, 4.69) is 30.8 Å². The molecular weight excluding hydrogens is 451 g/mol. The fourth-order valence-electron chi connectivity index (χ4n) is 4.02. The second-order valence-electron chi connectivity index (χ2n) is 8.66. The molecule has 0 radical (unpaired) electrons. The fraction of sp³-hybridized carbons (Fsp3) is 0.476. The van der Waals surface area contributed by atoms with Crippen molar-refractivity contribution in [1.82, 2.24) is 29.5 Å². The van der Waals surface area contributed by atoms with E-state index in [0.29, 0.717) is 35.4 Å². The van der Waals surface area contributed by atoms with Gasteiger partial charge in [-0.2, -0.15) is 28.4 Å². The Balaban J connectivity index is 1.46. The van der Waals surface area contributed by atoms with Gasteiger partial charge in [-0.15, -0.1) is 0 Å².